The smallest absolute Gasteiger partial charge is 0.224 e. The second-order valence-corrected chi connectivity index (χ2v) is 5.83. The van der Waals surface area contributed by atoms with Gasteiger partial charge in [0.1, 0.15) is 5.75 Å². The van der Waals surface area contributed by atoms with Gasteiger partial charge in [0.05, 0.1) is 12.2 Å². The van der Waals surface area contributed by atoms with Gasteiger partial charge in [-0.1, -0.05) is 13.0 Å². The van der Waals surface area contributed by atoms with Crippen LogP contribution in [0.5, 0.6) is 5.75 Å². The van der Waals surface area contributed by atoms with Gasteiger partial charge in [0.15, 0.2) is 0 Å². The molecule has 0 unspecified atom stereocenters. The van der Waals surface area contributed by atoms with Crippen LogP contribution in [0.1, 0.15) is 37.8 Å². The molecule has 1 aromatic heterocycles. The zero-order valence-corrected chi connectivity index (χ0v) is 13.2. The van der Waals surface area contributed by atoms with Gasteiger partial charge in [-0.05, 0) is 37.1 Å². The Morgan fingerprint density at radius 3 is 2.91 bits per heavy atom. The van der Waals surface area contributed by atoms with Crippen LogP contribution in [0.15, 0.2) is 36.9 Å². The lowest BCUT2D eigenvalue weighted by molar-refractivity contribution is -0.115. The number of carbonyl (C=O) groups is 1. The summed E-state index contributed by atoms with van der Waals surface area (Å²) in [5, 5.41) is 17.6. The molecule has 1 amide bonds. The van der Waals surface area contributed by atoms with E-state index in [0.717, 1.165) is 5.69 Å². The van der Waals surface area contributed by atoms with E-state index in [-0.39, 0.29) is 11.7 Å². The number of rotatable bonds is 6. The van der Waals surface area contributed by atoms with E-state index in [1.165, 1.54) is 18.5 Å². The summed E-state index contributed by atoms with van der Waals surface area (Å²) in [5.74, 6) is 0.656. The highest BCUT2D eigenvalue weighted by molar-refractivity contribution is 5.91. The topological polar surface area (TPSA) is 67.2 Å². The Morgan fingerprint density at radius 2 is 2.26 bits per heavy atom. The normalized spacial score (nSPS) is 13.8. The number of aromatic nitrogens is 2. The Kier molecular flexibility index (Phi) is 4.19. The fourth-order valence-electron chi connectivity index (χ4n) is 2.61. The van der Waals surface area contributed by atoms with E-state index >= 15 is 0 Å². The van der Waals surface area contributed by atoms with Crippen molar-refractivity contribution in [3.8, 4) is 17.0 Å². The van der Waals surface area contributed by atoms with Gasteiger partial charge in [-0.2, -0.15) is 5.10 Å². The molecule has 0 aliphatic heterocycles. The molecule has 23 heavy (non-hydrogen) atoms. The molecule has 2 N–H and O–H groups in total. The molecule has 5 heteroatoms. The first-order valence-corrected chi connectivity index (χ1v) is 7.94. The number of anilines is 1. The predicted molar refractivity (Wildman–Crippen MR) is 90.4 cm³/mol. The predicted octanol–water partition coefficient (Wildman–Crippen LogP) is 3.67. The third kappa shape index (κ3) is 3.28. The molecule has 0 bridgehead atoms. The molecule has 1 aromatic carbocycles. The van der Waals surface area contributed by atoms with Crippen molar-refractivity contribution in [2.75, 3.05) is 5.32 Å². The molecular formula is C18H21N3O2. The zero-order valence-electron chi connectivity index (χ0n) is 13.2. The highest BCUT2D eigenvalue weighted by Gasteiger charge is 2.28. The van der Waals surface area contributed by atoms with E-state index in [0.29, 0.717) is 30.1 Å². The minimum Gasteiger partial charge on any atom is -0.507 e. The van der Waals surface area contributed by atoms with Crippen molar-refractivity contribution >= 4 is 11.6 Å². The minimum atomic E-state index is -0.0579. The molecule has 3 rings (SSSR count). The molecule has 1 aliphatic rings. The fourth-order valence-corrected chi connectivity index (χ4v) is 2.61. The Bertz CT molecular complexity index is 745. The third-order valence-corrected chi connectivity index (χ3v) is 3.99. The van der Waals surface area contributed by atoms with Crippen LogP contribution in [0, 0.1) is 0 Å². The van der Waals surface area contributed by atoms with E-state index in [9.17, 15) is 9.90 Å². The van der Waals surface area contributed by atoms with Gasteiger partial charge >= 0.3 is 0 Å². The molecular weight excluding hydrogens is 290 g/mol. The summed E-state index contributed by atoms with van der Waals surface area (Å²) in [6, 6.07) is 7.07. The van der Waals surface area contributed by atoms with Crippen LogP contribution >= 0.6 is 0 Å². The molecule has 5 nitrogen and oxygen atoms in total. The number of phenolic OH excluding ortho intramolecular Hbond substituents is 1. The van der Waals surface area contributed by atoms with Crippen molar-refractivity contribution < 1.29 is 9.90 Å². The maximum absolute atomic E-state index is 11.6. The van der Waals surface area contributed by atoms with E-state index in [1.54, 1.807) is 25.1 Å². The molecule has 0 atom stereocenters. The minimum absolute atomic E-state index is 0.0579. The second-order valence-electron chi connectivity index (χ2n) is 5.83. The Balaban J connectivity index is 1.97. The van der Waals surface area contributed by atoms with Crippen molar-refractivity contribution in [1.82, 2.24) is 9.78 Å². The first kappa shape index (κ1) is 15.3. The molecule has 1 saturated carbocycles. The van der Waals surface area contributed by atoms with Crippen molar-refractivity contribution in [2.24, 2.45) is 0 Å². The van der Waals surface area contributed by atoms with Gasteiger partial charge in [0.25, 0.3) is 0 Å². The van der Waals surface area contributed by atoms with Crippen LogP contribution in [0.4, 0.5) is 5.69 Å². The number of phenols is 1. The molecule has 2 aromatic rings. The van der Waals surface area contributed by atoms with E-state index < -0.39 is 0 Å². The number of aromatic hydroxyl groups is 1. The number of hydrogen-bond acceptors (Lipinski definition) is 3. The second kappa shape index (κ2) is 6.28. The molecule has 1 heterocycles. The van der Waals surface area contributed by atoms with Gasteiger partial charge in [-0.3, -0.25) is 9.48 Å². The number of carbonyl (C=O) groups excluding carboxylic acids is 1. The van der Waals surface area contributed by atoms with E-state index in [4.69, 9.17) is 0 Å². The van der Waals surface area contributed by atoms with Crippen LogP contribution in [0.3, 0.4) is 0 Å². The summed E-state index contributed by atoms with van der Waals surface area (Å²) < 4.78 is 1.94. The number of nitrogens with zero attached hydrogens (tertiary/aromatic N) is 2. The van der Waals surface area contributed by atoms with Crippen molar-refractivity contribution in [3.05, 3.63) is 42.6 Å². The lowest BCUT2D eigenvalue weighted by Gasteiger charge is -2.07. The number of nitrogens with one attached hydrogen (secondary N) is 1. The molecule has 0 radical (unpaired) electrons. The summed E-state index contributed by atoms with van der Waals surface area (Å²) >= 11 is 0. The van der Waals surface area contributed by atoms with Crippen LogP contribution in [0.25, 0.3) is 11.3 Å². The fraction of sp³-hybridized carbons (Fsp3) is 0.333. The Labute approximate surface area is 135 Å². The highest BCUT2D eigenvalue weighted by atomic mass is 16.3. The number of amides is 1. The highest BCUT2D eigenvalue weighted by Crippen LogP contribution is 2.42. The monoisotopic (exact) mass is 311 g/mol. The molecule has 1 aliphatic carbocycles. The Hall–Kier alpha value is -2.56. The number of hydrogen-bond donors (Lipinski definition) is 2. The Morgan fingerprint density at radius 1 is 1.48 bits per heavy atom. The van der Waals surface area contributed by atoms with Crippen LogP contribution in [0.2, 0.25) is 0 Å². The molecule has 1 fully saturated rings. The van der Waals surface area contributed by atoms with Crippen LogP contribution < -0.4 is 5.32 Å². The summed E-state index contributed by atoms with van der Waals surface area (Å²) in [4.78, 5) is 11.6. The van der Waals surface area contributed by atoms with Crippen LogP contribution in [-0.4, -0.2) is 20.8 Å². The summed E-state index contributed by atoms with van der Waals surface area (Å²) in [7, 11) is 0. The van der Waals surface area contributed by atoms with Crippen molar-refractivity contribution in [1.29, 1.82) is 0 Å². The molecule has 0 spiro atoms. The van der Waals surface area contributed by atoms with Crippen molar-refractivity contribution in [3.63, 3.8) is 0 Å². The average Bonchev–Trinajstić information content (AvgIpc) is 3.30. The van der Waals surface area contributed by atoms with Gasteiger partial charge in [-0.25, -0.2) is 0 Å². The summed E-state index contributed by atoms with van der Waals surface area (Å²) in [5.41, 5.74) is 3.20. The molecule has 120 valence electrons. The van der Waals surface area contributed by atoms with Gasteiger partial charge in [-0.15, -0.1) is 6.58 Å². The van der Waals surface area contributed by atoms with E-state index in [1.807, 2.05) is 16.8 Å². The maximum atomic E-state index is 11.6. The summed E-state index contributed by atoms with van der Waals surface area (Å²) in [6.45, 7) is 6.23. The first-order chi connectivity index (χ1) is 11.1. The lowest BCUT2D eigenvalue weighted by atomic mass is 10.1. The SMILES string of the molecule is C=CCn1nc(-c2cc(NC(=O)CC)ccc2O)cc1C1CC1. The zero-order chi connectivity index (χ0) is 16.4. The standard InChI is InChI=1S/C18H21N3O2/c1-3-9-21-16(12-5-6-12)11-15(20-21)14-10-13(7-8-17(14)22)19-18(23)4-2/h3,7-8,10-12,22H,1,4-6,9H2,2H3,(H,19,23). The quantitative estimate of drug-likeness (QED) is 0.632. The lowest BCUT2D eigenvalue weighted by Crippen LogP contribution is -2.09. The maximum Gasteiger partial charge on any atom is 0.224 e. The summed E-state index contributed by atoms with van der Waals surface area (Å²) in [6.07, 6.45) is 4.60. The van der Waals surface area contributed by atoms with Crippen LogP contribution in [-0.2, 0) is 11.3 Å². The third-order valence-electron chi connectivity index (χ3n) is 3.99. The van der Waals surface area contributed by atoms with Gasteiger partial charge in [0, 0.05) is 29.3 Å². The average molecular weight is 311 g/mol. The van der Waals surface area contributed by atoms with Gasteiger partial charge < -0.3 is 10.4 Å². The largest absolute Gasteiger partial charge is 0.507 e. The number of allylic oxidation sites excluding steroid dienone is 1. The molecule has 0 saturated heterocycles. The van der Waals surface area contributed by atoms with Gasteiger partial charge in [0.2, 0.25) is 5.91 Å². The van der Waals surface area contributed by atoms with E-state index in [2.05, 4.69) is 17.0 Å². The number of benzene rings is 1. The first-order valence-electron chi connectivity index (χ1n) is 7.94. The van der Waals surface area contributed by atoms with Crippen molar-refractivity contribution in [2.45, 2.75) is 38.6 Å².